The van der Waals surface area contributed by atoms with E-state index in [1.165, 1.54) is 0 Å². The molecule has 0 aromatic heterocycles. The monoisotopic (exact) mass is 508 g/mol. The van der Waals surface area contributed by atoms with Gasteiger partial charge in [0.05, 0.1) is 12.5 Å². The molecular formula is C23H32N4O9. The Labute approximate surface area is 207 Å². The molecule has 1 aromatic carbocycles. The van der Waals surface area contributed by atoms with E-state index in [2.05, 4.69) is 16.0 Å². The number of rotatable bonds is 15. The van der Waals surface area contributed by atoms with Gasteiger partial charge in [-0.05, 0) is 24.3 Å². The van der Waals surface area contributed by atoms with Gasteiger partial charge >= 0.3 is 17.9 Å². The van der Waals surface area contributed by atoms with Crippen LogP contribution in [0.4, 0.5) is 0 Å². The molecule has 3 amide bonds. The molecule has 1 aromatic rings. The Morgan fingerprint density at radius 1 is 0.806 bits per heavy atom. The third kappa shape index (κ3) is 10.5. The maximum Gasteiger partial charge on any atom is 0.326 e. The van der Waals surface area contributed by atoms with Crippen molar-refractivity contribution in [3.05, 3.63) is 35.9 Å². The van der Waals surface area contributed by atoms with Gasteiger partial charge in [0, 0.05) is 6.42 Å². The van der Waals surface area contributed by atoms with Crippen LogP contribution in [0, 0.1) is 5.92 Å². The molecule has 0 fully saturated rings. The minimum absolute atomic E-state index is 0.115. The van der Waals surface area contributed by atoms with Gasteiger partial charge in [0.1, 0.15) is 18.1 Å². The van der Waals surface area contributed by atoms with Crippen molar-refractivity contribution < 1.29 is 44.1 Å². The summed E-state index contributed by atoms with van der Waals surface area (Å²) in [5, 5.41) is 34.2. The molecule has 13 nitrogen and oxygen atoms in total. The number of benzene rings is 1. The van der Waals surface area contributed by atoms with E-state index >= 15 is 0 Å². The molecule has 198 valence electrons. The Hall–Kier alpha value is -4.00. The summed E-state index contributed by atoms with van der Waals surface area (Å²) in [6.45, 7) is 3.09. The predicted molar refractivity (Wildman–Crippen MR) is 126 cm³/mol. The number of amides is 3. The van der Waals surface area contributed by atoms with Gasteiger partial charge in [-0.3, -0.25) is 24.0 Å². The second-order valence-electron chi connectivity index (χ2n) is 8.52. The molecule has 0 radical (unpaired) electrons. The standard InChI is InChI=1S/C23H32N4O9/c1-12(2)19(23(35)36)27-21(33)15(8-9-17(28)29)25-22(34)16(11-18(30)31)26-20(32)14(24)10-13-6-4-3-5-7-13/h3-7,12,14-16,19H,8-11,24H2,1-2H3,(H,25,34)(H,26,32)(H,27,33)(H,28,29)(H,30,31)(H,35,36). The first-order valence-electron chi connectivity index (χ1n) is 11.2. The molecule has 0 spiro atoms. The Bertz CT molecular complexity index is 952. The quantitative estimate of drug-likeness (QED) is 0.154. The topological polar surface area (TPSA) is 225 Å². The van der Waals surface area contributed by atoms with Gasteiger partial charge in [-0.1, -0.05) is 44.2 Å². The second kappa shape index (κ2) is 14.4. The number of carbonyl (C=O) groups excluding carboxylic acids is 3. The molecule has 0 heterocycles. The van der Waals surface area contributed by atoms with Crippen molar-refractivity contribution in [2.75, 3.05) is 0 Å². The van der Waals surface area contributed by atoms with Crippen molar-refractivity contribution in [3.8, 4) is 0 Å². The Balaban J connectivity index is 3.00. The zero-order valence-electron chi connectivity index (χ0n) is 20.0. The maximum absolute atomic E-state index is 12.8. The first-order valence-corrected chi connectivity index (χ1v) is 11.2. The summed E-state index contributed by atoms with van der Waals surface area (Å²) in [4.78, 5) is 71.8. The van der Waals surface area contributed by atoms with Gasteiger partial charge in [-0.15, -0.1) is 0 Å². The summed E-state index contributed by atoms with van der Waals surface area (Å²) in [7, 11) is 0. The van der Waals surface area contributed by atoms with E-state index in [1.807, 2.05) is 0 Å². The normalized spacial score (nSPS) is 14.1. The first-order chi connectivity index (χ1) is 16.8. The van der Waals surface area contributed by atoms with E-state index in [0.29, 0.717) is 0 Å². The average molecular weight is 509 g/mol. The molecule has 0 bridgehead atoms. The second-order valence-corrected chi connectivity index (χ2v) is 8.52. The molecule has 1 rings (SSSR count). The number of aliphatic carboxylic acids is 3. The Morgan fingerprint density at radius 3 is 1.86 bits per heavy atom. The minimum Gasteiger partial charge on any atom is -0.481 e. The highest BCUT2D eigenvalue weighted by Gasteiger charge is 2.32. The van der Waals surface area contributed by atoms with Gasteiger partial charge < -0.3 is 37.0 Å². The molecule has 0 saturated heterocycles. The highest BCUT2D eigenvalue weighted by molar-refractivity contribution is 5.95. The molecule has 0 aliphatic heterocycles. The smallest absolute Gasteiger partial charge is 0.326 e. The fourth-order valence-electron chi connectivity index (χ4n) is 3.20. The van der Waals surface area contributed by atoms with Gasteiger partial charge in [-0.25, -0.2) is 4.79 Å². The lowest BCUT2D eigenvalue weighted by Crippen LogP contribution is -2.58. The third-order valence-electron chi connectivity index (χ3n) is 5.16. The van der Waals surface area contributed by atoms with E-state index in [1.54, 1.807) is 44.2 Å². The number of carbonyl (C=O) groups is 6. The summed E-state index contributed by atoms with van der Waals surface area (Å²) in [6.07, 6.45) is -1.68. The molecule has 4 unspecified atom stereocenters. The van der Waals surface area contributed by atoms with E-state index in [0.717, 1.165) is 5.56 Å². The van der Waals surface area contributed by atoms with Crippen LogP contribution in [0.1, 0.15) is 38.7 Å². The van der Waals surface area contributed by atoms with Crippen LogP contribution in [0.2, 0.25) is 0 Å². The molecule has 0 aliphatic carbocycles. The van der Waals surface area contributed by atoms with Crippen LogP contribution in [0.5, 0.6) is 0 Å². The fourth-order valence-corrected chi connectivity index (χ4v) is 3.20. The third-order valence-corrected chi connectivity index (χ3v) is 5.16. The van der Waals surface area contributed by atoms with Crippen LogP contribution in [0.3, 0.4) is 0 Å². The Kier molecular flexibility index (Phi) is 12.0. The summed E-state index contributed by atoms with van der Waals surface area (Å²) in [5.74, 6) is -7.39. The summed E-state index contributed by atoms with van der Waals surface area (Å²) in [6, 6.07) is 3.20. The van der Waals surface area contributed by atoms with E-state index in [-0.39, 0.29) is 6.42 Å². The minimum atomic E-state index is -1.63. The molecule has 8 N–H and O–H groups in total. The zero-order chi connectivity index (χ0) is 27.4. The van der Waals surface area contributed by atoms with Gasteiger partial charge in [-0.2, -0.15) is 0 Å². The zero-order valence-corrected chi connectivity index (χ0v) is 20.0. The largest absolute Gasteiger partial charge is 0.481 e. The number of carboxylic acids is 3. The lowest BCUT2D eigenvalue weighted by molar-refractivity contribution is -0.144. The molecule has 4 atom stereocenters. The fraction of sp³-hybridized carbons (Fsp3) is 0.478. The Morgan fingerprint density at radius 2 is 1.36 bits per heavy atom. The van der Waals surface area contributed by atoms with Crippen molar-refractivity contribution in [2.45, 2.75) is 63.7 Å². The first kappa shape index (κ1) is 30.0. The van der Waals surface area contributed by atoms with E-state index in [4.69, 9.17) is 10.8 Å². The van der Waals surface area contributed by atoms with Gasteiger partial charge in [0.2, 0.25) is 17.7 Å². The number of nitrogens with two attached hydrogens (primary N) is 1. The highest BCUT2D eigenvalue weighted by atomic mass is 16.4. The van der Waals surface area contributed by atoms with E-state index in [9.17, 15) is 39.0 Å². The lowest BCUT2D eigenvalue weighted by atomic mass is 10.0. The number of nitrogens with one attached hydrogen (secondary N) is 3. The molecule has 36 heavy (non-hydrogen) atoms. The van der Waals surface area contributed by atoms with Crippen molar-refractivity contribution in [1.29, 1.82) is 0 Å². The molecular weight excluding hydrogens is 476 g/mol. The van der Waals surface area contributed by atoms with Crippen molar-refractivity contribution in [1.82, 2.24) is 16.0 Å². The van der Waals surface area contributed by atoms with Crippen molar-refractivity contribution >= 4 is 35.6 Å². The van der Waals surface area contributed by atoms with E-state index < -0.39 is 85.0 Å². The van der Waals surface area contributed by atoms with Gasteiger partial charge in [0.25, 0.3) is 0 Å². The van der Waals surface area contributed by atoms with Crippen LogP contribution in [0.15, 0.2) is 30.3 Å². The maximum atomic E-state index is 12.8. The van der Waals surface area contributed by atoms with Crippen LogP contribution in [0.25, 0.3) is 0 Å². The highest BCUT2D eigenvalue weighted by Crippen LogP contribution is 2.07. The number of carboxylic acid groups (broad SMARTS) is 3. The average Bonchev–Trinajstić information content (AvgIpc) is 2.79. The van der Waals surface area contributed by atoms with Crippen LogP contribution in [-0.4, -0.2) is 75.1 Å². The number of hydrogen-bond donors (Lipinski definition) is 7. The van der Waals surface area contributed by atoms with Crippen molar-refractivity contribution in [2.24, 2.45) is 11.7 Å². The molecule has 13 heteroatoms. The van der Waals surface area contributed by atoms with Gasteiger partial charge in [0.15, 0.2) is 0 Å². The van der Waals surface area contributed by atoms with Crippen LogP contribution >= 0.6 is 0 Å². The lowest BCUT2D eigenvalue weighted by Gasteiger charge is -2.25. The van der Waals surface area contributed by atoms with Crippen LogP contribution < -0.4 is 21.7 Å². The summed E-state index contributed by atoms with van der Waals surface area (Å²) < 4.78 is 0. The summed E-state index contributed by atoms with van der Waals surface area (Å²) in [5.41, 5.74) is 6.63. The SMILES string of the molecule is CC(C)C(NC(=O)C(CCC(=O)O)NC(=O)C(CC(=O)O)NC(=O)C(N)Cc1ccccc1)C(=O)O. The van der Waals surface area contributed by atoms with Crippen molar-refractivity contribution in [3.63, 3.8) is 0 Å². The number of hydrogen-bond acceptors (Lipinski definition) is 7. The summed E-state index contributed by atoms with van der Waals surface area (Å²) >= 11 is 0. The molecule has 0 aliphatic rings. The van der Waals surface area contributed by atoms with Crippen LogP contribution in [-0.2, 0) is 35.2 Å². The predicted octanol–water partition coefficient (Wildman–Crippen LogP) is -0.909. The molecule has 0 saturated carbocycles.